The summed E-state index contributed by atoms with van der Waals surface area (Å²) in [7, 11) is 0. The maximum Gasteiger partial charge on any atom is 0.322 e. The Morgan fingerprint density at radius 2 is 1.59 bits per heavy atom. The van der Waals surface area contributed by atoms with E-state index in [1.165, 1.54) is 18.3 Å². The highest BCUT2D eigenvalue weighted by molar-refractivity contribution is 7.14. The number of rotatable bonds is 4. The summed E-state index contributed by atoms with van der Waals surface area (Å²) in [6.45, 7) is 2.55. The first-order valence-electron chi connectivity index (χ1n) is 8.79. The molecule has 0 spiro atoms. The second-order valence-corrected chi connectivity index (χ2v) is 7.36. The molecular weight excluding hydrogens is 364 g/mol. The fourth-order valence-electron chi connectivity index (χ4n) is 2.96. The molecule has 7 nitrogen and oxygen atoms in total. The van der Waals surface area contributed by atoms with Gasteiger partial charge in [0.15, 0.2) is 0 Å². The third-order valence-corrected chi connectivity index (χ3v) is 5.16. The summed E-state index contributed by atoms with van der Waals surface area (Å²) in [5.41, 5.74) is 1.37. The standard InChI is InChI=1S/C19H22N4O3S/c1-13(24)20-15-4-6-16(7-5-15)21-18(25)14-8-10-23(11-9-14)19(26)22-17-3-2-12-27-17/h2-7,12,14H,8-11H2,1H3,(H,20,24)(H,21,25)(H,22,26). The van der Waals surface area contributed by atoms with E-state index in [0.29, 0.717) is 37.3 Å². The first kappa shape index (κ1) is 18.9. The summed E-state index contributed by atoms with van der Waals surface area (Å²) in [5, 5.41) is 11.2. The molecule has 0 bridgehead atoms. The van der Waals surface area contributed by atoms with Gasteiger partial charge in [0.2, 0.25) is 11.8 Å². The zero-order valence-corrected chi connectivity index (χ0v) is 15.8. The van der Waals surface area contributed by atoms with Crippen LogP contribution >= 0.6 is 11.3 Å². The van der Waals surface area contributed by atoms with Crippen molar-refractivity contribution in [1.82, 2.24) is 4.90 Å². The smallest absolute Gasteiger partial charge is 0.322 e. The Morgan fingerprint density at radius 3 is 2.15 bits per heavy atom. The third kappa shape index (κ3) is 5.30. The molecule has 2 heterocycles. The first-order chi connectivity index (χ1) is 13.0. The van der Waals surface area contributed by atoms with Crippen LogP contribution in [-0.2, 0) is 9.59 Å². The van der Waals surface area contributed by atoms with E-state index in [0.717, 1.165) is 5.00 Å². The molecule has 0 radical (unpaired) electrons. The van der Waals surface area contributed by atoms with Gasteiger partial charge in [0.25, 0.3) is 0 Å². The zero-order valence-electron chi connectivity index (χ0n) is 15.0. The van der Waals surface area contributed by atoms with Gasteiger partial charge in [-0.3, -0.25) is 14.9 Å². The Labute approximate surface area is 161 Å². The zero-order chi connectivity index (χ0) is 19.2. The van der Waals surface area contributed by atoms with Crippen LogP contribution in [-0.4, -0.2) is 35.8 Å². The van der Waals surface area contributed by atoms with Gasteiger partial charge in [0.05, 0.1) is 5.00 Å². The van der Waals surface area contributed by atoms with Crippen molar-refractivity contribution < 1.29 is 14.4 Å². The van der Waals surface area contributed by atoms with E-state index in [-0.39, 0.29) is 23.8 Å². The van der Waals surface area contributed by atoms with Gasteiger partial charge in [-0.05, 0) is 54.6 Å². The van der Waals surface area contributed by atoms with Gasteiger partial charge in [0.1, 0.15) is 0 Å². The number of amides is 4. The van der Waals surface area contributed by atoms with Crippen LogP contribution in [0.3, 0.4) is 0 Å². The molecule has 0 atom stereocenters. The lowest BCUT2D eigenvalue weighted by Crippen LogP contribution is -2.43. The van der Waals surface area contributed by atoms with Gasteiger partial charge in [-0.25, -0.2) is 4.79 Å². The number of hydrogen-bond acceptors (Lipinski definition) is 4. The number of thiophene rings is 1. The largest absolute Gasteiger partial charge is 0.326 e. The molecule has 8 heteroatoms. The number of urea groups is 1. The maximum absolute atomic E-state index is 12.5. The van der Waals surface area contributed by atoms with Crippen molar-refractivity contribution in [2.45, 2.75) is 19.8 Å². The molecule has 27 heavy (non-hydrogen) atoms. The minimum atomic E-state index is -0.137. The Hall–Kier alpha value is -2.87. The molecule has 1 aliphatic rings. The third-order valence-electron chi connectivity index (χ3n) is 4.38. The van der Waals surface area contributed by atoms with Crippen molar-refractivity contribution in [3.05, 3.63) is 41.8 Å². The molecule has 1 fully saturated rings. The van der Waals surface area contributed by atoms with Crippen LogP contribution in [0.2, 0.25) is 0 Å². The van der Waals surface area contributed by atoms with E-state index in [1.807, 2.05) is 17.5 Å². The van der Waals surface area contributed by atoms with E-state index in [1.54, 1.807) is 29.2 Å². The average molecular weight is 386 g/mol. The lowest BCUT2D eigenvalue weighted by molar-refractivity contribution is -0.121. The number of likely N-dealkylation sites (tertiary alicyclic amines) is 1. The summed E-state index contributed by atoms with van der Waals surface area (Å²) < 4.78 is 0. The van der Waals surface area contributed by atoms with E-state index in [2.05, 4.69) is 16.0 Å². The van der Waals surface area contributed by atoms with Gasteiger partial charge in [-0.2, -0.15) is 0 Å². The van der Waals surface area contributed by atoms with Crippen LogP contribution < -0.4 is 16.0 Å². The van der Waals surface area contributed by atoms with Gasteiger partial charge < -0.3 is 15.5 Å². The highest BCUT2D eigenvalue weighted by Crippen LogP contribution is 2.22. The molecule has 1 aliphatic heterocycles. The van der Waals surface area contributed by atoms with Crippen molar-refractivity contribution in [2.24, 2.45) is 5.92 Å². The Bertz CT molecular complexity index is 797. The summed E-state index contributed by atoms with van der Waals surface area (Å²) in [6.07, 6.45) is 1.27. The van der Waals surface area contributed by atoms with Crippen molar-refractivity contribution in [3.8, 4) is 0 Å². The van der Waals surface area contributed by atoms with Gasteiger partial charge >= 0.3 is 6.03 Å². The number of hydrogen-bond donors (Lipinski definition) is 3. The van der Waals surface area contributed by atoms with E-state index in [4.69, 9.17) is 0 Å². The van der Waals surface area contributed by atoms with Crippen molar-refractivity contribution in [1.29, 1.82) is 0 Å². The second kappa shape index (κ2) is 8.68. The molecule has 3 N–H and O–H groups in total. The fourth-order valence-corrected chi connectivity index (χ4v) is 3.57. The molecule has 0 aliphatic carbocycles. The number of anilines is 3. The number of carbonyl (C=O) groups excluding carboxylic acids is 3. The number of nitrogens with one attached hydrogen (secondary N) is 3. The normalized spacial score (nSPS) is 14.5. The average Bonchev–Trinajstić information content (AvgIpc) is 3.16. The predicted octanol–water partition coefficient (Wildman–Crippen LogP) is 3.59. The van der Waals surface area contributed by atoms with Gasteiger partial charge in [0, 0.05) is 37.3 Å². The molecule has 142 valence electrons. The highest BCUT2D eigenvalue weighted by Gasteiger charge is 2.27. The molecule has 0 unspecified atom stereocenters. The summed E-state index contributed by atoms with van der Waals surface area (Å²) in [5.74, 6) is -0.298. The van der Waals surface area contributed by atoms with E-state index in [9.17, 15) is 14.4 Å². The minimum absolute atomic E-state index is 0.0411. The van der Waals surface area contributed by atoms with Crippen LogP contribution in [0.25, 0.3) is 0 Å². The molecule has 4 amide bonds. The van der Waals surface area contributed by atoms with E-state index < -0.39 is 0 Å². The topological polar surface area (TPSA) is 90.5 Å². The van der Waals surface area contributed by atoms with Crippen molar-refractivity contribution in [2.75, 3.05) is 29.0 Å². The van der Waals surface area contributed by atoms with Crippen LogP contribution in [0.5, 0.6) is 0 Å². The first-order valence-corrected chi connectivity index (χ1v) is 9.67. The SMILES string of the molecule is CC(=O)Nc1ccc(NC(=O)C2CCN(C(=O)Nc3cccs3)CC2)cc1. The molecule has 2 aromatic rings. The lowest BCUT2D eigenvalue weighted by atomic mass is 9.96. The van der Waals surface area contributed by atoms with Gasteiger partial charge in [-0.1, -0.05) is 0 Å². The molecule has 1 aromatic heterocycles. The monoisotopic (exact) mass is 386 g/mol. The van der Waals surface area contributed by atoms with E-state index >= 15 is 0 Å². The molecule has 3 rings (SSSR count). The Balaban J connectivity index is 1.46. The number of piperidine rings is 1. The van der Waals surface area contributed by atoms with Crippen molar-refractivity contribution in [3.63, 3.8) is 0 Å². The van der Waals surface area contributed by atoms with Crippen LogP contribution in [0.15, 0.2) is 41.8 Å². The maximum atomic E-state index is 12.5. The fraction of sp³-hybridized carbons (Fsp3) is 0.316. The molecule has 1 aromatic carbocycles. The van der Waals surface area contributed by atoms with Gasteiger partial charge in [-0.15, -0.1) is 11.3 Å². The predicted molar refractivity (Wildman–Crippen MR) is 107 cm³/mol. The number of carbonyl (C=O) groups is 3. The van der Waals surface area contributed by atoms with Crippen LogP contribution in [0, 0.1) is 5.92 Å². The van der Waals surface area contributed by atoms with Crippen LogP contribution in [0.4, 0.5) is 21.2 Å². The summed E-state index contributed by atoms with van der Waals surface area (Å²) in [6, 6.07) is 10.6. The molecular formula is C19H22N4O3S. The Morgan fingerprint density at radius 1 is 0.963 bits per heavy atom. The molecule has 1 saturated heterocycles. The summed E-state index contributed by atoms with van der Waals surface area (Å²) >= 11 is 1.48. The quantitative estimate of drug-likeness (QED) is 0.750. The Kier molecular flexibility index (Phi) is 6.08. The number of nitrogens with zero attached hydrogens (tertiary/aromatic N) is 1. The molecule has 0 saturated carbocycles. The summed E-state index contributed by atoms with van der Waals surface area (Å²) in [4.78, 5) is 37.5. The van der Waals surface area contributed by atoms with Crippen molar-refractivity contribution >= 4 is 45.6 Å². The number of benzene rings is 1. The minimum Gasteiger partial charge on any atom is -0.326 e. The lowest BCUT2D eigenvalue weighted by Gasteiger charge is -2.31. The highest BCUT2D eigenvalue weighted by atomic mass is 32.1. The second-order valence-electron chi connectivity index (χ2n) is 6.42. The van der Waals surface area contributed by atoms with Crippen LogP contribution in [0.1, 0.15) is 19.8 Å².